The lowest BCUT2D eigenvalue weighted by atomic mass is 9.83. The van der Waals surface area contributed by atoms with Crippen molar-refractivity contribution in [3.8, 4) is 5.75 Å². The van der Waals surface area contributed by atoms with Crippen LogP contribution in [0.3, 0.4) is 0 Å². The molecule has 1 saturated carbocycles. The number of nitrogens with two attached hydrogens (primary N) is 1. The smallest absolute Gasteiger partial charge is 0.188 e. The zero-order valence-electron chi connectivity index (χ0n) is 17.0. The fraction of sp³-hybridized carbons (Fsp3) is 0.619. The maximum Gasteiger partial charge on any atom is 0.188 e. The number of aryl methyl sites for hydroxylation is 1. The summed E-state index contributed by atoms with van der Waals surface area (Å²) in [5, 5.41) is 13.8. The third-order valence-electron chi connectivity index (χ3n) is 5.18. The number of aliphatic hydroxyl groups excluding tert-OH is 1. The molecule has 1 aromatic heterocycles. The van der Waals surface area contributed by atoms with Gasteiger partial charge in [-0.15, -0.1) is 0 Å². The van der Waals surface area contributed by atoms with E-state index in [2.05, 4.69) is 12.0 Å². The van der Waals surface area contributed by atoms with E-state index in [1.807, 2.05) is 4.68 Å². The predicted molar refractivity (Wildman–Crippen MR) is 107 cm³/mol. The van der Waals surface area contributed by atoms with Crippen LogP contribution in [0.15, 0.2) is 24.3 Å². The average molecular weight is 407 g/mol. The third kappa shape index (κ3) is 5.98. The Morgan fingerprint density at radius 1 is 1.34 bits per heavy atom. The molecule has 3 atom stereocenters. The van der Waals surface area contributed by atoms with Crippen molar-refractivity contribution < 1.29 is 19.0 Å². The van der Waals surface area contributed by atoms with Crippen molar-refractivity contribution >= 4 is 0 Å². The lowest BCUT2D eigenvalue weighted by molar-refractivity contribution is 0.00858. The van der Waals surface area contributed by atoms with Gasteiger partial charge in [-0.05, 0) is 44.2 Å². The number of hydrogen-bond acceptors (Lipinski definition) is 6. The van der Waals surface area contributed by atoms with E-state index in [1.165, 1.54) is 12.1 Å². The van der Waals surface area contributed by atoms with Crippen molar-refractivity contribution in [1.29, 1.82) is 0 Å². The first-order valence-electron chi connectivity index (χ1n) is 10.4. The molecule has 0 unspecified atom stereocenters. The Labute approximate surface area is 171 Å². The molecule has 3 rings (SSSR count). The Kier molecular flexibility index (Phi) is 7.97. The minimum absolute atomic E-state index is 0.0173. The van der Waals surface area contributed by atoms with Crippen LogP contribution in [-0.2, 0) is 17.9 Å². The molecule has 1 aromatic carbocycles. The maximum absolute atomic E-state index is 13.3. The van der Waals surface area contributed by atoms with Crippen LogP contribution in [-0.4, -0.2) is 45.2 Å². The summed E-state index contributed by atoms with van der Waals surface area (Å²) in [4.78, 5) is 4.72. The predicted octanol–water partition coefficient (Wildman–Crippen LogP) is 2.77. The fourth-order valence-electron chi connectivity index (χ4n) is 3.70. The highest BCUT2D eigenvalue weighted by Crippen LogP contribution is 2.33. The van der Waals surface area contributed by atoms with Gasteiger partial charge in [-0.1, -0.05) is 13.0 Å². The summed E-state index contributed by atoms with van der Waals surface area (Å²) in [7, 11) is 0. The minimum Gasteiger partial charge on any atom is -0.485 e. The second-order valence-corrected chi connectivity index (χ2v) is 7.52. The molecule has 160 valence electrons. The number of nitrogens with zero attached hydrogens (tertiary/aromatic N) is 3. The first-order chi connectivity index (χ1) is 14.1. The molecule has 1 heterocycles. The molecule has 1 fully saturated rings. The zero-order valence-corrected chi connectivity index (χ0v) is 17.0. The lowest BCUT2D eigenvalue weighted by Crippen LogP contribution is -2.42. The van der Waals surface area contributed by atoms with Gasteiger partial charge in [-0.3, -0.25) is 0 Å². The number of benzene rings is 1. The van der Waals surface area contributed by atoms with Gasteiger partial charge < -0.3 is 20.3 Å². The summed E-state index contributed by atoms with van der Waals surface area (Å²) in [5.74, 6) is 1.72. The molecule has 8 heteroatoms. The van der Waals surface area contributed by atoms with Crippen LogP contribution in [0.25, 0.3) is 0 Å². The zero-order chi connectivity index (χ0) is 20.6. The van der Waals surface area contributed by atoms with E-state index in [0.29, 0.717) is 31.1 Å². The summed E-state index contributed by atoms with van der Waals surface area (Å²) >= 11 is 0. The van der Waals surface area contributed by atoms with E-state index in [4.69, 9.17) is 20.2 Å². The second kappa shape index (κ2) is 10.7. The molecule has 0 aliphatic heterocycles. The average Bonchev–Trinajstić information content (AvgIpc) is 3.13. The van der Waals surface area contributed by atoms with Crippen molar-refractivity contribution in [2.45, 2.75) is 70.2 Å². The summed E-state index contributed by atoms with van der Waals surface area (Å²) in [5.41, 5.74) is 6.26. The van der Waals surface area contributed by atoms with E-state index < -0.39 is 0 Å². The summed E-state index contributed by atoms with van der Waals surface area (Å²) in [6, 6.07) is 6.05. The van der Waals surface area contributed by atoms with Gasteiger partial charge in [-0.2, -0.15) is 5.10 Å². The number of aliphatic hydroxyl groups is 1. The topological polar surface area (TPSA) is 95.4 Å². The molecule has 0 radical (unpaired) electrons. The molecular weight excluding hydrogens is 375 g/mol. The van der Waals surface area contributed by atoms with Gasteiger partial charge in [0.25, 0.3) is 0 Å². The summed E-state index contributed by atoms with van der Waals surface area (Å²) < 4.78 is 26.8. The quantitative estimate of drug-likeness (QED) is 0.630. The second-order valence-electron chi connectivity index (χ2n) is 7.52. The van der Waals surface area contributed by atoms with Gasteiger partial charge in [0.05, 0.1) is 6.10 Å². The highest BCUT2D eigenvalue weighted by atomic mass is 19.1. The van der Waals surface area contributed by atoms with E-state index >= 15 is 0 Å². The van der Waals surface area contributed by atoms with Crippen molar-refractivity contribution in [3.05, 3.63) is 41.7 Å². The monoisotopic (exact) mass is 406 g/mol. The van der Waals surface area contributed by atoms with Crippen LogP contribution in [0.2, 0.25) is 0 Å². The Morgan fingerprint density at radius 2 is 2.21 bits per heavy atom. The van der Waals surface area contributed by atoms with Crippen LogP contribution in [0.5, 0.6) is 5.75 Å². The molecule has 0 bridgehead atoms. The number of hydrogen-bond donors (Lipinski definition) is 2. The van der Waals surface area contributed by atoms with Gasteiger partial charge in [0.1, 0.15) is 24.0 Å². The van der Waals surface area contributed by atoms with Gasteiger partial charge in [0, 0.05) is 37.8 Å². The van der Waals surface area contributed by atoms with E-state index in [-0.39, 0.29) is 37.1 Å². The minimum atomic E-state index is -0.346. The SMILES string of the molecule is CCCO[C@@H]1C[C@@H](c2nc(COc3cccc(F)c3)nn2CCCO)CC[C@H]1N. The standard InChI is InChI=1S/C21H31FN4O3/c1-2-11-28-19-12-15(7-8-18(19)23)21-24-20(25-26(21)9-4-10-27)14-29-17-6-3-5-16(22)13-17/h3,5-6,13,15,18-19,27H,2,4,7-12,14,23H2,1H3/t15-,18+,19+/m0/s1. The van der Waals surface area contributed by atoms with Gasteiger partial charge >= 0.3 is 0 Å². The molecule has 29 heavy (non-hydrogen) atoms. The van der Waals surface area contributed by atoms with Crippen molar-refractivity contribution in [1.82, 2.24) is 14.8 Å². The van der Waals surface area contributed by atoms with Crippen molar-refractivity contribution in [2.75, 3.05) is 13.2 Å². The van der Waals surface area contributed by atoms with Crippen molar-refractivity contribution in [3.63, 3.8) is 0 Å². The number of aromatic nitrogens is 3. The van der Waals surface area contributed by atoms with E-state index in [9.17, 15) is 9.50 Å². The van der Waals surface area contributed by atoms with Crippen LogP contribution in [0, 0.1) is 5.82 Å². The molecule has 0 amide bonds. The highest BCUT2D eigenvalue weighted by molar-refractivity contribution is 5.22. The lowest BCUT2D eigenvalue weighted by Gasteiger charge is -2.33. The molecule has 0 spiro atoms. The van der Waals surface area contributed by atoms with E-state index in [0.717, 1.165) is 31.5 Å². The normalized spacial score (nSPS) is 22.0. The number of ether oxygens (including phenoxy) is 2. The first-order valence-corrected chi connectivity index (χ1v) is 10.4. The summed E-state index contributed by atoms with van der Waals surface area (Å²) in [6.07, 6.45) is 4.19. The molecule has 1 aliphatic rings. The van der Waals surface area contributed by atoms with Crippen LogP contribution >= 0.6 is 0 Å². The van der Waals surface area contributed by atoms with Crippen LogP contribution < -0.4 is 10.5 Å². The number of rotatable bonds is 10. The molecule has 1 aliphatic carbocycles. The Morgan fingerprint density at radius 3 is 2.97 bits per heavy atom. The van der Waals surface area contributed by atoms with Gasteiger partial charge in [0.2, 0.25) is 0 Å². The molecule has 3 N–H and O–H groups in total. The highest BCUT2D eigenvalue weighted by Gasteiger charge is 2.32. The first kappa shape index (κ1) is 21.7. The molecule has 2 aromatic rings. The third-order valence-corrected chi connectivity index (χ3v) is 5.18. The Balaban J connectivity index is 1.72. The summed E-state index contributed by atoms with van der Waals surface area (Å²) in [6.45, 7) is 3.62. The van der Waals surface area contributed by atoms with Gasteiger partial charge in [0.15, 0.2) is 5.82 Å². The fourth-order valence-corrected chi connectivity index (χ4v) is 3.70. The molecule has 7 nitrogen and oxygen atoms in total. The Hall–Kier alpha value is -2.03. The van der Waals surface area contributed by atoms with E-state index in [1.54, 1.807) is 12.1 Å². The van der Waals surface area contributed by atoms with Crippen molar-refractivity contribution in [2.24, 2.45) is 5.73 Å². The molecule has 0 saturated heterocycles. The molecular formula is C21H31FN4O3. The van der Waals surface area contributed by atoms with Crippen LogP contribution in [0.1, 0.15) is 56.6 Å². The largest absolute Gasteiger partial charge is 0.485 e. The Bertz CT molecular complexity index is 770. The maximum atomic E-state index is 13.3. The van der Waals surface area contributed by atoms with Crippen LogP contribution in [0.4, 0.5) is 4.39 Å². The number of halogens is 1. The van der Waals surface area contributed by atoms with Gasteiger partial charge in [-0.25, -0.2) is 14.1 Å².